The van der Waals surface area contributed by atoms with Gasteiger partial charge in [-0.2, -0.15) is 0 Å². The van der Waals surface area contributed by atoms with Crippen molar-refractivity contribution in [3.63, 3.8) is 0 Å². The van der Waals surface area contributed by atoms with Gasteiger partial charge >= 0.3 is 5.97 Å². The van der Waals surface area contributed by atoms with Gasteiger partial charge in [0.05, 0.1) is 18.8 Å². The van der Waals surface area contributed by atoms with Crippen molar-refractivity contribution < 1.29 is 34.7 Å². The number of esters is 1. The monoisotopic (exact) mass is 422 g/mol. The molecule has 1 saturated carbocycles. The Morgan fingerprint density at radius 2 is 1.97 bits per heavy atom. The van der Waals surface area contributed by atoms with Crippen molar-refractivity contribution in [3.05, 3.63) is 36.0 Å². The summed E-state index contributed by atoms with van der Waals surface area (Å²) in [6.45, 7) is 7.74. The number of ether oxygens (including phenoxy) is 2. The zero-order valence-corrected chi connectivity index (χ0v) is 18.1. The minimum Gasteiger partial charge on any atom is -0.455 e. The fourth-order valence-electron chi connectivity index (χ4n) is 5.74. The second kappa shape index (κ2) is 8.20. The lowest BCUT2D eigenvalue weighted by Gasteiger charge is -2.60. The summed E-state index contributed by atoms with van der Waals surface area (Å²) in [5, 5.41) is 40.8. The van der Waals surface area contributed by atoms with Crippen LogP contribution in [-0.2, 0) is 14.3 Å². The molecule has 168 valence electrons. The summed E-state index contributed by atoms with van der Waals surface area (Å²) in [7, 11) is 0. The maximum Gasteiger partial charge on any atom is 0.331 e. The van der Waals surface area contributed by atoms with E-state index in [4.69, 9.17) is 9.47 Å². The van der Waals surface area contributed by atoms with Crippen LogP contribution in [0.3, 0.4) is 0 Å². The molecule has 0 bridgehead atoms. The maximum atomic E-state index is 12.5. The first-order chi connectivity index (χ1) is 13.9. The van der Waals surface area contributed by atoms with Crippen LogP contribution in [0.5, 0.6) is 0 Å². The number of hydrogen-bond donors (Lipinski definition) is 4. The summed E-state index contributed by atoms with van der Waals surface area (Å²) < 4.78 is 11.2. The molecule has 30 heavy (non-hydrogen) atoms. The highest BCUT2D eigenvalue weighted by Crippen LogP contribution is 2.63. The van der Waals surface area contributed by atoms with Crippen LogP contribution in [0.15, 0.2) is 36.0 Å². The molecule has 0 spiro atoms. The van der Waals surface area contributed by atoms with Gasteiger partial charge in [0.15, 0.2) is 6.29 Å². The van der Waals surface area contributed by atoms with Gasteiger partial charge in [-0.15, -0.1) is 0 Å². The summed E-state index contributed by atoms with van der Waals surface area (Å²) in [6, 6.07) is 0. The lowest BCUT2D eigenvalue weighted by molar-refractivity contribution is -0.244. The van der Waals surface area contributed by atoms with E-state index >= 15 is 0 Å². The topological polar surface area (TPSA) is 116 Å². The van der Waals surface area contributed by atoms with Crippen LogP contribution in [0.2, 0.25) is 0 Å². The molecule has 2 fully saturated rings. The fourth-order valence-corrected chi connectivity index (χ4v) is 5.74. The Morgan fingerprint density at radius 3 is 2.63 bits per heavy atom. The summed E-state index contributed by atoms with van der Waals surface area (Å²) >= 11 is 0. The largest absolute Gasteiger partial charge is 0.455 e. The molecule has 3 aliphatic rings. The molecule has 2 aliphatic carbocycles. The lowest BCUT2D eigenvalue weighted by Crippen LogP contribution is -2.65. The lowest BCUT2D eigenvalue weighted by atomic mass is 9.46. The quantitative estimate of drug-likeness (QED) is 0.230. The molecule has 0 aromatic carbocycles. The van der Waals surface area contributed by atoms with Crippen LogP contribution in [0, 0.1) is 16.7 Å². The van der Waals surface area contributed by atoms with Gasteiger partial charge in [0.2, 0.25) is 0 Å². The number of fused-ring (bicyclic) bond motifs is 3. The van der Waals surface area contributed by atoms with Gasteiger partial charge in [0.25, 0.3) is 0 Å². The Balaban J connectivity index is 1.85. The van der Waals surface area contributed by atoms with Crippen molar-refractivity contribution >= 4 is 5.97 Å². The van der Waals surface area contributed by atoms with Crippen LogP contribution < -0.4 is 0 Å². The molecule has 4 N–H and O–H groups in total. The fraction of sp³-hybridized carbons (Fsp3) is 0.696. The molecule has 0 amide bonds. The van der Waals surface area contributed by atoms with Crippen molar-refractivity contribution in [2.24, 2.45) is 16.7 Å². The van der Waals surface area contributed by atoms with Crippen LogP contribution in [0.4, 0.5) is 0 Å². The second-order valence-electron chi connectivity index (χ2n) is 9.74. The smallest absolute Gasteiger partial charge is 0.331 e. The van der Waals surface area contributed by atoms with Gasteiger partial charge in [-0.1, -0.05) is 45.4 Å². The Hall–Kier alpha value is -1.51. The average molecular weight is 423 g/mol. The summed E-state index contributed by atoms with van der Waals surface area (Å²) in [4.78, 5) is 12.5. The van der Waals surface area contributed by atoms with Gasteiger partial charge in [-0.3, -0.25) is 0 Å². The van der Waals surface area contributed by atoms with E-state index < -0.39 is 41.6 Å². The summed E-state index contributed by atoms with van der Waals surface area (Å²) in [5.74, 6) is -0.740. The number of aliphatic hydroxyl groups is 4. The molecular weight excluding hydrogens is 388 g/mol. The molecule has 1 heterocycles. The molecule has 0 unspecified atom stereocenters. The Kier molecular flexibility index (Phi) is 6.33. The Bertz CT molecular complexity index is 753. The SMILES string of the molecule is C[C@H](O)[C@H](O)/C=C/C=C/C(=O)O[C@@H]1C=C2CO[C@@H](O)[C@]2(O)[C@@]2(C)CCCC(C)(C)[C@H]12. The standard InChI is InChI=1S/C23H34O7/c1-14(24)16(25)8-5-6-9-18(26)30-17-12-15-13-29-20(27)23(15,28)22(4)11-7-10-21(2,3)19(17)22/h5-6,8-9,12,14,16-17,19-20,24-25,27-28H,7,10-11,13H2,1-4H3/b8-5+,9-6+/t14-,16+,17+,19-,20+,22-,23-/m0/s1. The number of allylic oxidation sites excluding steroid dienone is 2. The summed E-state index contributed by atoms with van der Waals surface area (Å²) in [6.07, 6.45) is 6.08. The van der Waals surface area contributed by atoms with Gasteiger partial charge in [0, 0.05) is 17.4 Å². The van der Waals surface area contributed by atoms with E-state index in [0.717, 1.165) is 12.8 Å². The number of aliphatic hydroxyl groups excluding tert-OH is 3. The highest BCUT2D eigenvalue weighted by Gasteiger charge is 2.68. The molecule has 3 rings (SSSR count). The molecule has 0 radical (unpaired) electrons. The Morgan fingerprint density at radius 1 is 1.27 bits per heavy atom. The van der Waals surface area contributed by atoms with E-state index in [1.165, 1.54) is 31.2 Å². The van der Waals surface area contributed by atoms with Gasteiger partial charge in [-0.05, 0) is 36.8 Å². The molecule has 0 aromatic heterocycles. The van der Waals surface area contributed by atoms with Crippen LogP contribution in [0.1, 0.15) is 47.0 Å². The normalized spacial score (nSPS) is 40.0. The van der Waals surface area contributed by atoms with Crippen molar-refractivity contribution in [1.29, 1.82) is 0 Å². The van der Waals surface area contributed by atoms with E-state index in [1.54, 1.807) is 6.08 Å². The van der Waals surface area contributed by atoms with Crippen LogP contribution in [-0.4, -0.2) is 63.2 Å². The third kappa shape index (κ3) is 3.78. The first kappa shape index (κ1) is 23.2. The van der Waals surface area contributed by atoms with Gasteiger partial charge in [0.1, 0.15) is 11.7 Å². The molecule has 7 nitrogen and oxygen atoms in total. The van der Waals surface area contributed by atoms with Crippen molar-refractivity contribution in [2.45, 2.75) is 77.2 Å². The molecule has 1 aliphatic heterocycles. The average Bonchev–Trinajstić information content (AvgIpc) is 2.94. The third-order valence-corrected chi connectivity index (χ3v) is 7.25. The molecule has 0 aromatic rings. The third-order valence-electron chi connectivity index (χ3n) is 7.25. The molecule has 7 atom stereocenters. The van der Waals surface area contributed by atoms with E-state index in [1.807, 2.05) is 6.92 Å². The maximum absolute atomic E-state index is 12.5. The second-order valence-corrected chi connectivity index (χ2v) is 9.74. The van der Waals surface area contributed by atoms with Crippen LogP contribution >= 0.6 is 0 Å². The zero-order valence-electron chi connectivity index (χ0n) is 18.1. The van der Waals surface area contributed by atoms with Crippen molar-refractivity contribution in [3.8, 4) is 0 Å². The molecule has 7 heteroatoms. The first-order valence-corrected chi connectivity index (χ1v) is 10.6. The van der Waals surface area contributed by atoms with Crippen molar-refractivity contribution in [1.82, 2.24) is 0 Å². The highest BCUT2D eigenvalue weighted by molar-refractivity contribution is 5.82. The predicted molar refractivity (Wildman–Crippen MR) is 110 cm³/mol. The number of carbonyl (C=O) groups excluding carboxylic acids is 1. The molecular formula is C23H34O7. The number of hydrogen-bond acceptors (Lipinski definition) is 7. The summed E-state index contributed by atoms with van der Waals surface area (Å²) in [5.41, 5.74) is -1.85. The zero-order chi connectivity index (χ0) is 22.3. The van der Waals surface area contributed by atoms with Gasteiger partial charge < -0.3 is 29.9 Å². The minimum atomic E-state index is -1.49. The van der Waals surface area contributed by atoms with Gasteiger partial charge in [-0.25, -0.2) is 4.79 Å². The first-order valence-electron chi connectivity index (χ1n) is 10.6. The van der Waals surface area contributed by atoms with Crippen molar-refractivity contribution in [2.75, 3.05) is 6.61 Å². The minimum absolute atomic E-state index is 0.101. The van der Waals surface area contributed by atoms with E-state index in [0.29, 0.717) is 12.0 Å². The number of rotatable bonds is 5. The van der Waals surface area contributed by atoms with E-state index in [9.17, 15) is 25.2 Å². The Labute approximate surface area is 177 Å². The molecule has 1 saturated heterocycles. The number of carbonyl (C=O) groups is 1. The van der Waals surface area contributed by atoms with E-state index in [-0.39, 0.29) is 17.9 Å². The highest BCUT2D eigenvalue weighted by atomic mass is 16.6. The van der Waals surface area contributed by atoms with E-state index in [2.05, 4.69) is 13.8 Å². The van der Waals surface area contributed by atoms with Crippen LogP contribution in [0.25, 0.3) is 0 Å². The predicted octanol–water partition coefficient (Wildman–Crippen LogP) is 1.60.